The van der Waals surface area contributed by atoms with E-state index in [0.717, 1.165) is 37.2 Å². The molecule has 2 aromatic rings. The molecule has 1 aromatic carbocycles. The lowest BCUT2D eigenvalue weighted by atomic mass is 10.0. The number of ether oxygens (including phenoxy) is 1. The summed E-state index contributed by atoms with van der Waals surface area (Å²) >= 11 is 6.29. The molecule has 2 unspecified atom stereocenters. The van der Waals surface area contributed by atoms with Crippen LogP contribution in [0.25, 0.3) is 5.69 Å². The predicted octanol–water partition coefficient (Wildman–Crippen LogP) is 2.69. The highest BCUT2D eigenvalue weighted by Crippen LogP contribution is 2.28. The highest BCUT2D eigenvalue weighted by atomic mass is 35.5. The van der Waals surface area contributed by atoms with Crippen LogP contribution >= 0.6 is 11.6 Å². The van der Waals surface area contributed by atoms with E-state index < -0.39 is 0 Å². The van der Waals surface area contributed by atoms with Crippen LogP contribution in [-0.2, 0) is 4.74 Å². The third-order valence-electron chi connectivity index (χ3n) is 3.75. The second-order valence-electron chi connectivity index (χ2n) is 5.19. The van der Waals surface area contributed by atoms with E-state index in [0.29, 0.717) is 17.2 Å². The number of hydrogen-bond donors (Lipinski definition) is 1. The number of rotatable bonds is 4. The van der Waals surface area contributed by atoms with Crippen LogP contribution in [0.4, 0.5) is 5.69 Å². The summed E-state index contributed by atoms with van der Waals surface area (Å²) in [6, 6.07) is 6.10. The average Bonchev–Trinajstić information content (AvgIpc) is 3.04. The number of hydrogen-bond acceptors (Lipinski definition) is 5. The monoisotopic (exact) mass is 307 g/mol. The number of nitrogens with zero attached hydrogens (tertiary/aromatic N) is 4. The lowest BCUT2D eigenvalue weighted by molar-refractivity contribution is 0.00926. The zero-order valence-electron chi connectivity index (χ0n) is 11.9. The van der Waals surface area contributed by atoms with E-state index in [1.807, 2.05) is 18.2 Å². The summed E-state index contributed by atoms with van der Waals surface area (Å²) in [5.41, 5.74) is 1.79. The molecular weight excluding hydrogens is 290 g/mol. The second kappa shape index (κ2) is 6.41. The summed E-state index contributed by atoms with van der Waals surface area (Å²) in [5, 5.41) is 15.4. The third kappa shape index (κ3) is 3.33. The quantitative estimate of drug-likeness (QED) is 0.941. The van der Waals surface area contributed by atoms with Gasteiger partial charge in [0.15, 0.2) is 0 Å². The van der Waals surface area contributed by atoms with Crippen LogP contribution in [0.15, 0.2) is 24.5 Å². The van der Waals surface area contributed by atoms with Crippen LogP contribution in [0.1, 0.15) is 26.2 Å². The van der Waals surface area contributed by atoms with Gasteiger partial charge in [-0.2, -0.15) is 0 Å². The van der Waals surface area contributed by atoms with Crippen LogP contribution < -0.4 is 5.32 Å². The van der Waals surface area contributed by atoms with Gasteiger partial charge in [0.05, 0.1) is 22.5 Å². The molecule has 21 heavy (non-hydrogen) atoms. The van der Waals surface area contributed by atoms with E-state index in [-0.39, 0.29) is 0 Å². The Morgan fingerprint density at radius 3 is 3.14 bits per heavy atom. The molecule has 3 rings (SSSR count). The van der Waals surface area contributed by atoms with E-state index in [1.54, 1.807) is 11.0 Å². The molecule has 7 heteroatoms. The van der Waals surface area contributed by atoms with Gasteiger partial charge >= 0.3 is 0 Å². The van der Waals surface area contributed by atoms with Gasteiger partial charge in [-0.25, -0.2) is 4.68 Å². The van der Waals surface area contributed by atoms with Crippen LogP contribution in [0.2, 0.25) is 5.02 Å². The van der Waals surface area contributed by atoms with Crippen molar-refractivity contribution in [3.63, 3.8) is 0 Å². The summed E-state index contributed by atoms with van der Waals surface area (Å²) in [4.78, 5) is 0. The standard InChI is InChI=1S/C14H18ClN5O/c1-2-12-7-10(5-6-21-12)17-14-8-11(3-4-13(14)15)20-9-16-18-19-20/h3-4,8-10,12,17H,2,5-7H2,1H3. The summed E-state index contributed by atoms with van der Waals surface area (Å²) in [6.45, 7) is 2.94. The molecule has 6 nitrogen and oxygen atoms in total. The van der Waals surface area contributed by atoms with Gasteiger partial charge in [-0.3, -0.25) is 0 Å². The van der Waals surface area contributed by atoms with Gasteiger partial charge in [0.1, 0.15) is 6.33 Å². The first kappa shape index (κ1) is 14.3. The smallest absolute Gasteiger partial charge is 0.143 e. The zero-order chi connectivity index (χ0) is 14.7. The summed E-state index contributed by atoms with van der Waals surface area (Å²) < 4.78 is 7.32. The number of aromatic nitrogens is 4. The lowest BCUT2D eigenvalue weighted by Gasteiger charge is -2.30. The molecule has 112 valence electrons. The van der Waals surface area contributed by atoms with Crippen molar-refractivity contribution >= 4 is 17.3 Å². The highest BCUT2D eigenvalue weighted by Gasteiger charge is 2.21. The fourth-order valence-corrected chi connectivity index (χ4v) is 2.73. The van der Waals surface area contributed by atoms with Crippen molar-refractivity contribution in [2.45, 2.75) is 38.3 Å². The van der Waals surface area contributed by atoms with Gasteiger partial charge in [-0.05, 0) is 47.9 Å². The molecule has 1 aromatic heterocycles. The average molecular weight is 308 g/mol. The van der Waals surface area contributed by atoms with E-state index in [1.165, 1.54) is 0 Å². The molecule has 0 bridgehead atoms. The first-order valence-corrected chi connectivity index (χ1v) is 7.55. The van der Waals surface area contributed by atoms with Crippen LogP contribution in [0, 0.1) is 0 Å². The van der Waals surface area contributed by atoms with Crippen LogP contribution in [0.5, 0.6) is 0 Å². The molecule has 2 heterocycles. The number of benzene rings is 1. The topological polar surface area (TPSA) is 64.9 Å². The Morgan fingerprint density at radius 2 is 2.38 bits per heavy atom. The summed E-state index contributed by atoms with van der Waals surface area (Å²) in [5.74, 6) is 0. The minimum absolute atomic E-state index is 0.331. The fraction of sp³-hybridized carbons (Fsp3) is 0.500. The van der Waals surface area contributed by atoms with Gasteiger partial charge in [0.2, 0.25) is 0 Å². The second-order valence-corrected chi connectivity index (χ2v) is 5.59. The Balaban J connectivity index is 1.77. The maximum atomic E-state index is 6.29. The Hall–Kier alpha value is -1.66. The van der Waals surface area contributed by atoms with Gasteiger partial charge in [0, 0.05) is 12.6 Å². The maximum absolute atomic E-state index is 6.29. The maximum Gasteiger partial charge on any atom is 0.143 e. The Labute approximate surface area is 128 Å². The van der Waals surface area contributed by atoms with Gasteiger partial charge in [0.25, 0.3) is 0 Å². The zero-order valence-corrected chi connectivity index (χ0v) is 12.6. The Kier molecular flexibility index (Phi) is 4.36. The first-order valence-electron chi connectivity index (χ1n) is 7.17. The fourth-order valence-electron chi connectivity index (χ4n) is 2.56. The van der Waals surface area contributed by atoms with Crippen molar-refractivity contribution < 1.29 is 4.74 Å². The van der Waals surface area contributed by atoms with Crippen molar-refractivity contribution in [2.75, 3.05) is 11.9 Å². The molecule has 2 atom stereocenters. The SMILES string of the molecule is CCC1CC(Nc2cc(-n3cnnn3)ccc2Cl)CCO1. The van der Waals surface area contributed by atoms with Crippen molar-refractivity contribution in [1.29, 1.82) is 0 Å². The number of halogens is 1. The van der Waals surface area contributed by atoms with Crippen LogP contribution in [0.3, 0.4) is 0 Å². The molecular formula is C14H18ClN5O. The van der Waals surface area contributed by atoms with Gasteiger partial charge in [-0.15, -0.1) is 5.10 Å². The summed E-state index contributed by atoms with van der Waals surface area (Å²) in [6.07, 6.45) is 4.92. The molecule has 1 aliphatic heterocycles. The van der Waals surface area contributed by atoms with Crippen molar-refractivity contribution in [2.24, 2.45) is 0 Å². The van der Waals surface area contributed by atoms with Crippen LogP contribution in [-0.4, -0.2) is 39.0 Å². The lowest BCUT2D eigenvalue weighted by Crippen LogP contribution is -2.33. The molecule has 1 saturated heterocycles. The Morgan fingerprint density at radius 1 is 1.48 bits per heavy atom. The minimum Gasteiger partial charge on any atom is -0.381 e. The van der Waals surface area contributed by atoms with E-state index in [4.69, 9.17) is 16.3 Å². The van der Waals surface area contributed by atoms with Crippen molar-refractivity contribution in [3.8, 4) is 5.69 Å². The van der Waals surface area contributed by atoms with Crippen molar-refractivity contribution in [3.05, 3.63) is 29.5 Å². The number of nitrogens with one attached hydrogen (secondary N) is 1. The van der Waals surface area contributed by atoms with Gasteiger partial charge < -0.3 is 10.1 Å². The third-order valence-corrected chi connectivity index (χ3v) is 4.08. The number of anilines is 1. The predicted molar refractivity (Wildman–Crippen MR) is 80.8 cm³/mol. The molecule has 0 radical (unpaired) electrons. The molecule has 1 fully saturated rings. The summed E-state index contributed by atoms with van der Waals surface area (Å²) in [7, 11) is 0. The minimum atomic E-state index is 0.331. The van der Waals surface area contributed by atoms with Crippen molar-refractivity contribution in [1.82, 2.24) is 20.2 Å². The van der Waals surface area contributed by atoms with E-state index in [2.05, 4.69) is 27.8 Å². The molecule has 0 saturated carbocycles. The largest absolute Gasteiger partial charge is 0.381 e. The highest BCUT2D eigenvalue weighted by molar-refractivity contribution is 6.33. The van der Waals surface area contributed by atoms with E-state index in [9.17, 15) is 0 Å². The normalized spacial score (nSPS) is 22.2. The number of tetrazole rings is 1. The molecule has 1 aliphatic rings. The molecule has 0 amide bonds. The first-order chi connectivity index (χ1) is 10.3. The molecule has 0 spiro atoms. The van der Waals surface area contributed by atoms with Gasteiger partial charge in [-0.1, -0.05) is 18.5 Å². The Bertz CT molecular complexity index is 589. The molecule has 1 N–H and O–H groups in total. The van der Waals surface area contributed by atoms with E-state index >= 15 is 0 Å². The molecule has 0 aliphatic carbocycles.